The van der Waals surface area contributed by atoms with E-state index < -0.39 is 22.4 Å². The SMILES string of the molecule is COc1cnccc1-c1cc(C)ncc1C(=O)NC1=NC2=C(CNC2)[SH]1C(=O)OC(C)(C)C. The van der Waals surface area contributed by atoms with Crippen molar-refractivity contribution in [1.82, 2.24) is 20.6 Å². The molecule has 9 nitrogen and oxygen atoms in total. The van der Waals surface area contributed by atoms with E-state index in [1.54, 1.807) is 25.6 Å². The standard InChI is InChI=1S/C23H27N5O4S/c1-13-8-15(14-6-7-24-11-18(14)31-5)16(9-26-13)20(29)28-21-27-17-10-25-12-19(17)33(21)22(30)32-23(2,3)4/h6-9,11,25,33H,10,12H2,1-5H3,(H,27,28,29). The molecule has 0 aromatic carbocycles. The third-order valence-electron chi connectivity index (χ3n) is 5.02. The Labute approximate surface area is 195 Å². The van der Waals surface area contributed by atoms with Gasteiger partial charge >= 0.3 is 5.30 Å². The second-order valence-corrected chi connectivity index (χ2v) is 10.6. The van der Waals surface area contributed by atoms with Crippen molar-refractivity contribution in [2.24, 2.45) is 4.99 Å². The first-order valence-electron chi connectivity index (χ1n) is 10.5. The summed E-state index contributed by atoms with van der Waals surface area (Å²) in [6.45, 7) is 8.42. The summed E-state index contributed by atoms with van der Waals surface area (Å²) in [4.78, 5) is 40.3. The summed E-state index contributed by atoms with van der Waals surface area (Å²) >= 11 is 0. The zero-order valence-electron chi connectivity index (χ0n) is 19.2. The van der Waals surface area contributed by atoms with Gasteiger partial charge in [-0.25, -0.2) is 9.79 Å². The van der Waals surface area contributed by atoms with Crippen LogP contribution in [-0.2, 0) is 4.74 Å². The molecular weight excluding hydrogens is 442 g/mol. The summed E-state index contributed by atoms with van der Waals surface area (Å²) in [6, 6.07) is 3.61. The molecule has 0 radical (unpaired) electrons. The maximum absolute atomic E-state index is 13.4. The number of hydrogen-bond acceptors (Lipinski definition) is 8. The number of carbonyl (C=O) groups is 2. The minimum atomic E-state index is -1.56. The number of thiol groups is 1. The number of nitrogens with zero attached hydrogens (tertiary/aromatic N) is 3. The van der Waals surface area contributed by atoms with E-state index in [0.717, 1.165) is 21.9 Å². The fourth-order valence-electron chi connectivity index (χ4n) is 3.61. The Hall–Kier alpha value is -3.24. The van der Waals surface area contributed by atoms with E-state index in [9.17, 15) is 9.59 Å². The van der Waals surface area contributed by atoms with E-state index in [1.807, 2.05) is 33.8 Å². The van der Waals surface area contributed by atoms with Crippen LogP contribution in [0.5, 0.6) is 5.75 Å². The van der Waals surface area contributed by atoms with Crippen molar-refractivity contribution in [2.45, 2.75) is 33.3 Å². The van der Waals surface area contributed by atoms with Crippen LogP contribution in [0.1, 0.15) is 36.8 Å². The van der Waals surface area contributed by atoms with Crippen molar-refractivity contribution in [3.8, 4) is 16.9 Å². The third-order valence-corrected chi connectivity index (χ3v) is 7.07. The molecule has 0 aliphatic carbocycles. The van der Waals surface area contributed by atoms with E-state index in [2.05, 4.69) is 25.6 Å². The molecule has 0 saturated carbocycles. The van der Waals surface area contributed by atoms with Gasteiger partial charge in [-0.05, 0) is 39.8 Å². The van der Waals surface area contributed by atoms with E-state index in [1.165, 1.54) is 6.20 Å². The van der Waals surface area contributed by atoms with Gasteiger partial charge < -0.3 is 20.1 Å². The second kappa shape index (κ2) is 8.95. The Bertz CT molecular complexity index is 1190. The first-order chi connectivity index (χ1) is 15.7. The van der Waals surface area contributed by atoms with Crippen molar-refractivity contribution in [3.63, 3.8) is 0 Å². The number of aryl methyl sites for hydroxylation is 1. The smallest absolute Gasteiger partial charge is 0.358 e. The lowest BCUT2D eigenvalue weighted by molar-refractivity contribution is 0.0737. The normalized spacial score (nSPS) is 18.6. The number of nitrogens with one attached hydrogen (secondary N) is 2. The van der Waals surface area contributed by atoms with E-state index in [4.69, 9.17) is 9.47 Å². The predicted octanol–water partition coefficient (Wildman–Crippen LogP) is 3.31. The predicted molar refractivity (Wildman–Crippen MR) is 129 cm³/mol. The largest absolute Gasteiger partial charge is 0.494 e. The molecule has 0 fully saturated rings. The van der Waals surface area contributed by atoms with Crippen LogP contribution < -0.4 is 15.4 Å². The highest BCUT2D eigenvalue weighted by atomic mass is 32.2. The number of pyridine rings is 2. The van der Waals surface area contributed by atoms with E-state index in [0.29, 0.717) is 35.1 Å². The minimum absolute atomic E-state index is 0.337. The lowest BCUT2D eigenvalue weighted by atomic mass is 10.0. The van der Waals surface area contributed by atoms with Gasteiger partial charge in [0.25, 0.3) is 5.91 Å². The fourth-order valence-corrected chi connectivity index (χ4v) is 5.71. The maximum Gasteiger partial charge on any atom is 0.358 e. The molecule has 4 rings (SSSR count). The van der Waals surface area contributed by atoms with Crippen LogP contribution in [0.4, 0.5) is 4.79 Å². The first-order valence-corrected chi connectivity index (χ1v) is 11.8. The molecule has 4 heterocycles. The summed E-state index contributed by atoms with van der Waals surface area (Å²) < 4.78 is 11.1. The summed E-state index contributed by atoms with van der Waals surface area (Å²) in [5.74, 6) is 0.137. The number of carbonyl (C=O) groups excluding carboxylic acids is 2. The fraction of sp³-hybridized carbons (Fsp3) is 0.348. The zero-order chi connectivity index (χ0) is 23.8. The van der Waals surface area contributed by atoms with Gasteiger partial charge in [-0.2, -0.15) is 0 Å². The lowest BCUT2D eigenvalue weighted by Crippen LogP contribution is -2.34. The van der Waals surface area contributed by atoms with Crippen molar-refractivity contribution < 1.29 is 19.1 Å². The molecule has 33 heavy (non-hydrogen) atoms. The molecule has 1 atom stereocenters. The van der Waals surface area contributed by atoms with E-state index >= 15 is 0 Å². The molecule has 2 aromatic rings. The lowest BCUT2D eigenvalue weighted by Gasteiger charge is -2.26. The number of methoxy groups -OCH3 is 1. The number of aromatic nitrogens is 2. The quantitative estimate of drug-likeness (QED) is 0.467. The monoisotopic (exact) mass is 469 g/mol. The topological polar surface area (TPSA) is 115 Å². The van der Waals surface area contributed by atoms with Gasteiger partial charge in [0.2, 0.25) is 0 Å². The van der Waals surface area contributed by atoms with Gasteiger partial charge in [-0.1, -0.05) is 10.9 Å². The number of amides is 1. The van der Waals surface area contributed by atoms with E-state index in [-0.39, 0.29) is 5.30 Å². The molecule has 0 saturated heterocycles. The van der Waals surface area contributed by atoms with Crippen molar-refractivity contribution in [2.75, 3.05) is 20.2 Å². The minimum Gasteiger partial charge on any atom is -0.494 e. The Morgan fingerprint density at radius 1 is 1.18 bits per heavy atom. The van der Waals surface area contributed by atoms with Crippen molar-refractivity contribution in [3.05, 3.63) is 52.6 Å². The molecular formula is C23H27N5O4S. The molecule has 2 aliphatic rings. The van der Waals surface area contributed by atoms with Gasteiger partial charge in [0, 0.05) is 47.2 Å². The maximum atomic E-state index is 13.4. The summed E-state index contributed by atoms with van der Waals surface area (Å²) in [7, 11) is -0.00537. The van der Waals surface area contributed by atoms with Gasteiger partial charge in [0.05, 0.1) is 24.6 Å². The molecule has 174 valence electrons. The molecule has 10 heteroatoms. The third kappa shape index (κ3) is 4.76. The molecule has 2 aromatic heterocycles. The average molecular weight is 470 g/mol. The molecule has 1 unspecified atom stereocenters. The van der Waals surface area contributed by atoms with Crippen molar-refractivity contribution in [1.29, 1.82) is 0 Å². The average Bonchev–Trinajstić information content (AvgIpc) is 3.33. The second-order valence-electron chi connectivity index (χ2n) is 8.65. The van der Waals surface area contributed by atoms with Gasteiger partial charge in [-0.15, -0.1) is 0 Å². The van der Waals surface area contributed by atoms with Crippen LogP contribution in [-0.4, -0.2) is 52.1 Å². The van der Waals surface area contributed by atoms with Gasteiger partial charge in [0.1, 0.15) is 11.4 Å². The van der Waals surface area contributed by atoms with Crippen LogP contribution in [0.15, 0.2) is 46.3 Å². The number of rotatable bonds is 3. The Morgan fingerprint density at radius 2 is 1.97 bits per heavy atom. The highest BCUT2D eigenvalue weighted by Gasteiger charge is 2.38. The van der Waals surface area contributed by atoms with Crippen LogP contribution in [0.25, 0.3) is 11.1 Å². The van der Waals surface area contributed by atoms with Crippen LogP contribution >= 0.6 is 10.9 Å². The molecule has 0 spiro atoms. The van der Waals surface area contributed by atoms with Crippen LogP contribution in [0.2, 0.25) is 0 Å². The van der Waals surface area contributed by atoms with Crippen LogP contribution in [0.3, 0.4) is 0 Å². The zero-order valence-corrected chi connectivity index (χ0v) is 20.1. The molecule has 1 amide bonds. The summed E-state index contributed by atoms with van der Waals surface area (Å²) in [5, 5.41) is 6.06. The van der Waals surface area contributed by atoms with Crippen LogP contribution in [0, 0.1) is 6.92 Å². The molecule has 0 bridgehead atoms. The summed E-state index contributed by atoms with van der Waals surface area (Å²) in [5.41, 5.74) is 2.62. The number of hydrogen-bond donors (Lipinski definition) is 3. The highest BCUT2D eigenvalue weighted by molar-refractivity contribution is 8.44. The Morgan fingerprint density at radius 3 is 2.70 bits per heavy atom. The number of amidine groups is 1. The van der Waals surface area contributed by atoms with Gasteiger partial charge in [-0.3, -0.25) is 14.8 Å². The highest BCUT2D eigenvalue weighted by Crippen LogP contribution is 2.47. The first kappa shape index (κ1) is 22.9. The summed E-state index contributed by atoms with van der Waals surface area (Å²) in [6.07, 6.45) is 4.75. The number of aliphatic imine (C=N–C) groups is 1. The Balaban J connectivity index is 1.67. The Kier molecular flexibility index (Phi) is 6.22. The van der Waals surface area contributed by atoms with Gasteiger partial charge in [0.15, 0.2) is 5.17 Å². The molecule has 2 N–H and O–H groups in total. The number of ether oxygens (including phenoxy) is 2. The van der Waals surface area contributed by atoms with Crippen molar-refractivity contribution >= 4 is 27.3 Å². The molecule has 2 aliphatic heterocycles.